The zero-order valence-electron chi connectivity index (χ0n) is 13.1. The Hall–Kier alpha value is -2.27. The number of hydrogen-bond acceptors (Lipinski definition) is 4. The van der Waals surface area contributed by atoms with Crippen LogP contribution < -0.4 is 5.32 Å². The molecule has 0 fully saturated rings. The van der Waals surface area contributed by atoms with Crippen LogP contribution in [-0.4, -0.2) is 16.6 Å². The Morgan fingerprint density at radius 3 is 2.83 bits per heavy atom. The van der Waals surface area contributed by atoms with Crippen LogP contribution in [0.5, 0.6) is 0 Å². The predicted octanol–water partition coefficient (Wildman–Crippen LogP) is 4.57. The third-order valence-corrected chi connectivity index (χ3v) is 4.31. The zero-order chi connectivity index (χ0) is 16.2. The highest BCUT2D eigenvalue weighted by molar-refractivity contribution is 7.99. The van der Waals surface area contributed by atoms with Gasteiger partial charge in [-0.15, -0.1) is 0 Å². The summed E-state index contributed by atoms with van der Waals surface area (Å²) < 4.78 is 5.62. The van der Waals surface area contributed by atoms with E-state index >= 15 is 0 Å². The number of oxazole rings is 1. The monoisotopic (exact) mass is 326 g/mol. The lowest BCUT2D eigenvalue weighted by atomic mass is 10.1. The molecule has 0 radical (unpaired) electrons. The molecule has 23 heavy (non-hydrogen) atoms. The number of hydrogen-bond donors (Lipinski definition) is 1. The summed E-state index contributed by atoms with van der Waals surface area (Å²) in [5.41, 5.74) is 4.74. The number of fused-ring (bicyclic) bond motifs is 1. The Morgan fingerprint density at radius 1 is 1.22 bits per heavy atom. The van der Waals surface area contributed by atoms with Crippen LogP contribution in [0.3, 0.4) is 0 Å². The number of thioether (sulfide) groups is 1. The molecule has 1 heterocycles. The molecule has 0 aliphatic heterocycles. The molecule has 0 saturated heterocycles. The van der Waals surface area contributed by atoms with Gasteiger partial charge in [-0.2, -0.15) is 0 Å². The molecule has 2 aromatic carbocycles. The summed E-state index contributed by atoms with van der Waals surface area (Å²) in [5, 5.41) is 3.55. The molecular formula is C18H18N2O2S. The van der Waals surface area contributed by atoms with Gasteiger partial charge in [0.25, 0.3) is 5.22 Å². The van der Waals surface area contributed by atoms with Crippen molar-refractivity contribution >= 4 is 34.5 Å². The van der Waals surface area contributed by atoms with Crippen molar-refractivity contribution in [3.8, 4) is 0 Å². The van der Waals surface area contributed by atoms with Crippen molar-refractivity contribution < 1.29 is 9.21 Å². The smallest absolute Gasteiger partial charge is 0.256 e. The van der Waals surface area contributed by atoms with Crippen molar-refractivity contribution in [3.63, 3.8) is 0 Å². The van der Waals surface area contributed by atoms with E-state index in [1.807, 2.05) is 50.2 Å². The molecule has 0 bridgehead atoms. The fourth-order valence-electron chi connectivity index (χ4n) is 2.31. The second-order valence-corrected chi connectivity index (χ2v) is 6.46. The van der Waals surface area contributed by atoms with Crippen molar-refractivity contribution in [2.45, 2.75) is 25.5 Å². The summed E-state index contributed by atoms with van der Waals surface area (Å²) in [6.07, 6.45) is 0.413. The Morgan fingerprint density at radius 2 is 2.04 bits per heavy atom. The predicted molar refractivity (Wildman–Crippen MR) is 93.9 cm³/mol. The highest BCUT2D eigenvalue weighted by Gasteiger charge is 2.08. The van der Waals surface area contributed by atoms with Crippen LogP contribution >= 0.6 is 11.8 Å². The lowest BCUT2D eigenvalue weighted by Gasteiger charge is -2.08. The molecule has 0 spiro atoms. The number of anilines is 1. The maximum absolute atomic E-state index is 12.0. The Kier molecular flexibility index (Phi) is 4.67. The average molecular weight is 326 g/mol. The molecule has 0 unspecified atom stereocenters. The normalized spacial score (nSPS) is 10.9. The van der Waals surface area contributed by atoms with Gasteiger partial charge in [0, 0.05) is 17.9 Å². The summed E-state index contributed by atoms with van der Waals surface area (Å²) in [4.78, 5) is 16.4. The molecule has 0 aliphatic carbocycles. The molecule has 3 rings (SSSR count). The van der Waals surface area contributed by atoms with E-state index in [9.17, 15) is 4.79 Å². The molecule has 0 atom stereocenters. The van der Waals surface area contributed by atoms with Crippen molar-refractivity contribution in [1.29, 1.82) is 0 Å². The van der Waals surface area contributed by atoms with Gasteiger partial charge < -0.3 is 9.73 Å². The lowest BCUT2D eigenvalue weighted by Crippen LogP contribution is -2.13. The van der Waals surface area contributed by atoms with Gasteiger partial charge in [-0.05, 0) is 37.6 Å². The molecule has 1 amide bonds. The quantitative estimate of drug-likeness (QED) is 0.698. The van der Waals surface area contributed by atoms with Crippen molar-refractivity contribution in [3.05, 3.63) is 53.6 Å². The van der Waals surface area contributed by atoms with E-state index in [2.05, 4.69) is 16.4 Å². The number of aromatic nitrogens is 1. The molecular weight excluding hydrogens is 308 g/mol. The van der Waals surface area contributed by atoms with Crippen LogP contribution in [-0.2, 0) is 4.79 Å². The van der Waals surface area contributed by atoms with Gasteiger partial charge >= 0.3 is 0 Å². The molecule has 0 saturated carbocycles. The number of benzene rings is 2. The third-order valence-electron chi connectivity index (χ3n) is 3.48. The summed E-state index contributed by atoms with van der Waals surface area (Å²) in [5.74, 6) is 0.629. The van der Waals surface area contributed by atoms with Crippen LogP contribution in [0.2, 0.25) is 0 Å². The molecule has 1 aromatic heterocycles. The fraction of sp³-hybridized carbons (Fsp3) is 0.222. The van der Waals surface area contributed by atoms with E-state index in [1.165, 1.54) is 17.3 Å². The first-order valence-electron chi connectivity index (χ1n) is 7.47. The largest absolute Gasteiger partial charge is 0.431 e. The lowest BCUT2D eigenvalue weighted by molar-refractivity contribution is -0.115. The first-order valence-corrected chi connectivity index (χ1v) is 8.46. The minimum atomic E-state index is 0.000522. The van der Waals surface area contributed by atoms with E-state index < -0.39 is 0 Å². The Labute approximate surface area is 139 Å². The van der Waals surface area contributed by atoms with Gasteiger partial charge in [0.1, 0.15) is 5.52 Å². The third kappa shape index (κ3) is 3.93. The SMILES string of the molecule is Cc1ccc(NC(=O)CCSc2nc3ccccc3o2)c(C)c1. The summed E-state index contributed by atoms with van der Waals surface area (Å²) in [6.45, 7) is 4.03. The summed E-state index contributed by atoms with van der Waals surface area (Å²) >= 11 is 1.45. The molecule has 5 heteroatoms. The van der Waals surface area contributed by atoms with Crippen LogP contribution in [0.4, 0.5) is 5.69 Å². The fourth-order valence-corrected chi connectivity index (χ4v) is 3.08. The number of amides is 1. The Balaban J connectivity index is 1.52. The average Bonchev–Trinajstić information content (AvgIpc) is 2.93. The van der Waals surface area contributed by atoms with E-state index in [0.29, 0.717) is 17.4 Å². The van der Waals surface area contributed by atoms with E-state index in [-0.39, 0.29) is 5.91 Å². The number of carbonyl (C=O) groups excluding carboxylic acids is 1. The van der Waals surface area contributed by atoms with E-state index in [4.69, 9.17) is 4.42 Å². The number of nitrogens with zero attached hydrogens (tertiary/aromatic N) is 1. The van der Waals surface area contributed by atoms with Crippen molar-refractivity contribution in [2.75, 3.05) is 11.1 Å². The maximum Gasteiger partial charge on any atom is 0.256 e. The standard InChI is InChI=1S/C18H18N2O2S/c1-12-7-8-14(13(2)11-12)19-17(21)9-10-23-18-20-15-5-3-4-6-16(15)22-18/h3-8,11H,9-10H2,1-2H3,(H,19,21). The van der Waals surface area contributed by atoms with Crippen LogP contribution in [0.25, 0.3) is 11.1 Å². The summed E-state index contributed by atoms with van der Waals surface area (Å²) in [6, 6.07) is 13.6. The van der Waals surface area contributed by atoms with Crippen LogP contribution in [0.1, 0.15) is 17.5 Å². The minimum absolute atomic E-state index is 0.000522. The number of aryl methyl sites for hydroxylation is 2. The first-order chi connectivity index (χ1) is 11.1. The van der Waals surface area contributed by atoms with Crippen molar-refractivity contribution in [1.82, 2.24) is 4.98 Å². The molecule has 1 N–H and O–H groups in total. The highest BCUT2D eigenvalue weighted by Crippen LogP contribution is 2.24. The van der Waals surface area contributed by atoms with Gasteiger partial charge in [0.15, 0.2) is 5.58 Å². The number of nitrogens with one attached hydrogen (secondary N) is 1. The van der Waals surface area contributed by atoms with Crippen LogP contribution in [0.15, 0.2) is 52.1 Å². The maximum atomic E-state index is 12.0. The van der Waals surface area contributed by atoms with Gasteiger partial charge in [-0.1, -0.05) is 41.6 Å². The van der Waals surface area contributed by atoms with Gasteiger partial charge in [-0.3, -0.25) is 4.79 Å². The van der Waals surface area contributed by atoms with Gasteiger partial charge in [-0.25, -0.2) is 4.98 Å². The second-order valence-electron chi connectivity index (χ2n) is 5.41. The number of para-hydroxylation sites is 2. The molecule has 0 aliphatic rings. The number of rotatable bonds is 5. The topological polar surface area (TPSA) is 55.1 Å². The summed E-state index contributed by atoms with van der Waals surface area (Å²) in [7, 11) is 0. The van der Waals surface area contributed by atoms with Gasteiger partial charge in [0.2, 0.25) is 5.91 Å². The van der Waals surface area contributed by atoms with E-state index in [1.54, 1.807) is 0 Å². The molecule has 4 nitrogen and oxygen atoms in total. The first kappa shape index (κ1) is 15.6. The van der Waals surface area contributed by atoms with E-state index in [0.717, 1.165) is 22.4 Å². The molecule has 118 valence electrons. The second kappa shape index (κ2) is 6.87. The Bertz CT molecular complexity index is 809. The highest BCUT2D eigenvalue weighted by atomic mass is 32.2. The minimum Gasteiger partial charge on any atom is -0.431 e. The zero-order valence-corrected chi connectivity index (χ0v) is 13.9. The van der Waals surface area contributed by atoms with Gasteiger partial charge in [0.05, 0.1) is 0 Å². The van der Waals surface area contributed by atoms with Crippen molar-refractivity contribution in [2.24, 2.45) is 0 Å². The van der Waals surface area contributed by atoms with Crippen LogP contribution in [0, 0.1) is 13.8 Å². The number of carbonyl (C=O) groups is 1. The molecule has 3 aromatic rings.